The fourth-order valence-electron chi connectivity index (χ4n) is 3.46. The summed E-state index contributed by atoms with van der Waals surface area (Å²) in [6, 6.07) is 26.9. The molecule has 3 aromatic carbocycles. The van der Waals surface area contributed by atoms with Gasteiger partial charge in [-0.3, -0.25) is 0 Å². The summed E-state index contributed by atoms with van der Waals surface area (Å²) in [7, 11) is 0. The Morgan fingerprint density at radius 2 is 1.04 bits per heavy atom. The molecule has 0 bridgehead atoms. The van der Waals surface area contributed by atoms with Crippen molar-refractivity contribution in [2.75, 3.05) is 0 Å². The minimum absolute atomic E-state index is 0. The molecule has 3 rings (SSSR count). The number of hydrogen-bond donors (Lipinski definition) is 1. The molecule has 0 amide bonds. The SMILES string of the molecule is CC(C)(c1ccccc1)c1ccc(O)c(C(C)(C)c2ccccc2)c1.O. The topological polar surface area (TPSA) is 51.7 Å². The molecule has 0 heterocycles. The Morgan fingerprint density at radius 1 is 0.577 bits per heavy atom. The van der Waals surface area contributed by atoms with E-state index in [0.29, 0.717) is 5.75 Å². The average Bonchev–Trinajstić information content (AvgIpc) is 2.63. The third-order valence-electron chi connectivity index (χ3n) is 5.38. The maximum atomic E-state index is 10.6. The zero-order valence-electron chi connectivity index (χ0n) is 16.0. The Bertz CT molecular complexity index is 850. The highest BCUT2D eigenvalue weighted by Crippen LogP contribution is 2.40. The zero-order valence-corrected chi connectivity index (χ0v) is 16.0. The van der Waals surface area contributed by atoms with E-state index in [1.807, 2.05) is 36.4 Å². The molecule has 0 spiro atoms. The Hall–Kier alpha value is -2.58. The molecule has 2 heteroatoms. The van der Waals surface area contributed by atoms with Gasteiger partial charge < -0.3 is 10.6 Å². The van der Waals surface area contributed by atoms with Crippen LogP contribution in [0.2, 0.25) is 0 Å². The molecule has 0 radical (unpaired) electrons. The highest BCUT2D eigenvalue weighted by molar-refractivity contribution is 5.50. The van der Waals surface area contributed by atoms with Gasteiger partial charge in [-0.2, -0.15) is 0 Å². The van der Waals surface area contributed by atoms with Gasteiger partial charge in [0.25, 0.3) is 0 Å². The molecule has 0 atom stereocenters. The van der Waals surface area contributed by atoms with Crippen molar-refractivity contribution in [2.45, 2.75) is 38.5 Å². The molecule has 0 saturated carbocycles. The van der Waals surface area contributed by atoms with E-state index in [0.717, 1.165) is 5.56 Å². The third-order valence-corrected chi connectivity index (χ3v) is 5.38. The van der Waals surface area contributed by atoms with E-state index in [-0.39, 0.29) is 16.3 Å². The number of benzene rings is 3. The van der Waals surface area contributed by atoms with Crippen LogP contribution < -0.4 is 0 Å². The molecule has 0 aromatic heterocycles. The molecule has 2 nitrogen and oxygen atoms in total. The van der Waals surface area contributed by atoms with Crippen LogP contribution in [-0.2, 0) is 10.8 Å². The molecule has 0 unspecified atom stereocenters. The molecular weight excluding hydrogens is 320 g/mol. The number of rotatable bonds is 4. The molecule has 0 aliphatic heterocycles. The third kappa shape index (κ3) is 3.51. The normalized spacial score (nSPS) is 11.7. The van der Waals surface area contributed by atoms with E-state index >= 15 is 0 Å². The number of phenols is 1. The second-order valence-corrected chi connectivity index (χ2v) is 7.71. The van der Waals surface area contributed by atoms with E-state index in [4.69, 9.17) is 0 Å². The Balaban J connectivity index is 0.00000243. The summed E-state index contributed by atoms with van der Waals surface area (Å²) in [5.74, 6) is 0.349. The van der Waals surface area contributed by atoms with Gasteiger partial charge in [0.1, 0.15) is 5.75 Å². The average molecular weight is 348 g/mol. The summed E-state index contributed by atoms with van der Waals surface area (Å²) in [4.78, 5) is 0. The monoisotopic (exact) mass is 348 g/mol. The predicted molar refractivity (Wildman–Crippen MR) is 109 cm³/mol. The van der Waals surface area contributed by atoms with Crippen LogP contribution in [0.3, 0.4) is 0 Å². The summed E-state index contributed by atoms with van der Waals surface area (Å²) in [5, 5.41) is 10.6. The maximum Gasteiger partial charge on any atom is 0.119 e. The highest BCUT2D eigenvalue weighted by Gasteiger charge is 2.29. The Morgan fingerprint density at radius 3 is 1.54 bits per heavy atom. The van der Waals surface area contributed by atoms with Gasteiger partial charge in [0, 0.05) is 16.4 Å². The predicted octanol–water partition coefficient (Wildman–Crippen LogP) is 5.22. The minimum Gasteiger partial charge on any atom is -0.508 e. The van der Waals surface area contributed by atoms with Gasteiger partial charge in [0.15, 0.2) is 0 Å². The van der Waals surface area contributed by atoms with E-state index in [1.54, 1.807) is 0 Å². The first kappa shape index (κ1) is 19.7. The van der Waals surface area contributed by atoms with Gasteiger partial charge in [-0.25, -0.2) is 0 Å². The summed E-state index contributed by atoms with van der Waals surface area (Å²) in [6.45, 7) is 8.79. The molecular formula is C24H28O2. The van der Waals surface area contributed by atoms with Crippen LogP contribution in [-0.4, -0.2) is 10.6 Å². The van der Waals surface area contributed by atoms with Crippen molar-refractivity contribution in [2.24, 2.45) is 0 Å². The first-order valence-corrected chi connectivity index (χ1v) is 8.78. The smallest absolute Gasteiger partial charge is 0.119 e. The molecule has 0 fully saturated rings. The summed E-state index contributed by atoms with van der Waals surface area (Å²) < 4.78 is 0. The summed E-state index contributed by atoms with van der Waals surface area (Å²) >= 11 is 0. The molecule has 136 valence electrons. The van der Waals surface area contributed by atoms with Crippen molar-refractivity contribution in [3.8, 4) is 5.75 Å². The quantitative estimate of drug-likeness (QED) is 0.690. The van der Waals surface area contributed by atoms with Crippen molar-refractivity contribution in [3.63, 3.8) is 0 Å². The van der Waals surface area contributed by atoms with E-state index in [9.17, 15) is 5.11 Å². The lowest BCUT2D eigenvalue weighted by atomic mass is 9.73. The van der Waals surface area contributed by atoms with E-state index in [2.05, 4.69) is 70.2 Å². The molecule has 0 saturated heterocycles. The van der Waals surface area contributed by atoms with Crippen molar-refractivity contribution in [3.05, 3.63) is 101 Å². The summed E-state index contributed by atoms with van der Waals surface area (Å²) in [6.07, 6.45) is 0. The lowest BCUT2D eigenvalue weighted by molar-refractivity contribution is 0.451. The van der Waals surface area contributed by atoms with Crippen LogP contribution in [0.1, 0.15) is 49.9 Å². The lowest BCUT2D eigenvalue weighted by Gasteiger charge is -2.31. The fourth-order valence-corrected chi connectivity index (χ4v) is 3.46. The zero-order chi connectivity index (χ0) is 18.1. The van der Waals surface area contributed by atoms with Crippen LogP contribution in [0.25, 0.3) is 0 Å². The largest absolute Gasteiger partial charge is 0.508 e. The van der Waals surface area contributed by atoms with Gasteiger partial charge in [0.2, 0.25) is 0 Å². The van der Waals surface area contributed by atoms with Crippen molar-refractivity contribution in [1.29, 1.82) is 0 Å². The van der Waals surface area contributed by atoms with Crippen molar-refractivity contribution >= 4 is 0 Å². The van der Waals surface area contributed by atoms with Crippen molar-refractivity contribution in [1.82, 2.24) is 0 Å². The Labute approximate surface area is 156 Å². The fraction of sp³-hybridized carbons (Fsp3) is 0.250. The standard InChI is InChI=1S/C24H26O.H2O/c1-23(2,18-11-7-5-8-12-18)20-15-16-22(25)21(17-20)24(3,4)19-13-9-6-10-14-19;/h5-17,25H,1-4H3;1H2. The van der Waals surface area contributed by atoms with Gasteiger partial charge >= 0.3 is 0 Å². The lowest BCUT2D eigenvalue weighted by Crippen LogP contribution is -2.23. The van der Waals surface area contributed by atoms with Crippen LogP contribution in [0.15, 0.2) is 78.9 Å². The number of aromatic hydroxyl groups is 1. The Kier molecular flexibility index (Phi) is 5.58. The number of phenolic OH excluding ortho intramolecular Hbond substituents is 1. The van der Waals surface area contributed by atoms with Crippen LogP contribution in [0, 0.1) is 0 Å². The first-order valence-electron chi connectivity index (χ1n) is 8.78. The van der Waals surface area contributed by atoms with Gasteiger partial charge in [-0.1, -0.05) is 100 Å². The second kappa shape index (κ2) is 7.35. The molecule has 0 aliphatic carbocycles. The van der Waals surface area contributed by atoms with Crippen LogP contribution >= 0.6 is 0 Å². The van der Waals surface area contributed by atoms with Gasteiger partial charge in [-0.05, 0) is 22.8 Å². The van der Waals surface area contributed by atoms with Crippen LogP contribution in [0.4, 0.5) is 0 Å². The minimum atomic E-state index is -0.270. The van der Waals surface area contributed by atoms with E-state index in [1.165, 1.54) is 16.7 Å². The maximum absolute atomic E-state index is 10.6. The number of hydrogen-bond acceptors (Lipinski definition) is 1. The molecule has 3 N–H and O–H groups in total. The van der Waals surface area contributed by atoms with Crippen LogP contribution in [0.5, 0.6) is 5.75 Å². The molecule has 3 aromatic rings. The summed E-state index contributed by atoms with van der Waals surface area (Å²) in [5.41, 5.74) is 4.23. The molecule has 0 aliphatic rings. The highest BCUT2D eigenvalue weighted by atomic mass is 16.3. The van der Waals surface area contributed by atoms with Crippen molar-refractivity contribution < 1.29 is 10.6 Å². The van der Waals surface area contributed by atoms with Gasteiger partial charge in [-0.15, -0.1) is 0 Å². The first-order chi connectivity index (χ1) is 11.8. The van der Waals surface area contributed by atoms with E-state index < -0.39 is 0 Å². The second-order valence-electron chi connectivity index (χ2n) is 7.71. The van der Waals surface area contributed by atoms with Gasteiger partial charge in [0.05, 0.1) is 0 Å². The molecule has 26 heavy (non-hydrogen) atoms.